The molecule has 1 fully saturated rings. The SMILES string of the molecule is O=C(NCc1ccco1)[C@H]1CCCN(S(=O)(=O)c2ccc(Br)cc2)C1. The van der Waals surface area contributed by atoms with E-state index in [-0.39, 0.29) is 23.3 Å². The maximum absolute atomic E-state index is 12.8. The summed E-state index contributed by atoms with van der Waals surface area (Å²) in [6, 6.07) is 10.1. The van der Waals surface area contributed by atoms with Gasteiger partial charge >= 0.3 is 0 Å². The van der Waals surface area contributed by atoms with E-state index < -0.39 is 10.0 Å². The molecule has 25 heavy (non-hydrogen) atoms. The van der Waals surface area contributed by atoms with E-state index in [1.54, 1.807) is 42.7 Å². The van der Waals surface area contributed by atoms with Crippen molar-refractivity contribution in [3.8, 4) is 0 Å². The molecule has 6 nitrogen and oxygen atoms in total. The Kier molecular flexibility index (Phi) is 5.61. The Bertz CT molecular complexity index is 819. The van der Waals surface area contributed by atoms with Crippen LogP contribution in [0.25, 0.3) is 0 Å². The molecule has 1 atom stereocenters. The molecule has 1 aliphatic heterocycles. The van der Waals surface area contributed by atoms with Crippen molar-refractivity contribution in [2.24, 2.45) is 5.92 Å². The van der Waals surface area contributed by atoms with Gasteiger partial charge in [-0.15, -0.1) is 0 Å². The second-order valence-electron chi connectivity index (χ2n) is 5.95. The average molecular weight is 427 g/mol. The monoisotopic (exact) mass is 426 g/mol. The van der Waals surface area contributed by atoms with Crippen molar-refractivity contribution in [3.63, 3.8) is 0 Å². The van der Waals surface area contributed by atoms with E-state index in [0.29, 0.717) is 31.7 Å². The Morgan fingerprint density at radius 2 is 2.04 bits per heavy atom. The zero-order chi connectivity index (χ0) is 17.9. The summed E-state index contributed by atoms with van der Waals surface area (Å²) in [4.78, 5) is 12.6. The van der Waals surface area contributed by atoms with E-state index in [2.05, 4.69) is 21.2 Å². The molecule has 0 aliphatic carbocycles. The van der Waals surface area contributed by atoms with E-state index in [9.17, 15) is 13.2 Å². The Balaban J connectivity index is 1.65. The number of benzene rings is 1. The molecule has 0 unspecified atom stereocenters. The lowest BCUT2D eigenvalue weighted by Gasteiger charge is -2.31. The lowest BCUT2D eigenvalue weighted by Crippen LogP contribution is -2.45. The summed E-state index contributed by atoms with van der Waals surface area (Å²) in [6.07, 6.45) is 2.89. The molecule has 1 amide bonds. The largest absolute Gasteiger partial charge is 0.467 e. The van der Waals surface area contributed by atoms with Crippen LogP contribution in [0.15, 0.2) is 56.4 Å². The summed E-state index contributed by atoms with van der Waals surface area (Å²) < 4.78 is 33.0. The van der Waals surface area contributed by atoms with E-state index in [1.807, 2.05) is 0 Å². The minimum atomic E-state index is -3.59. The van der Waals surface area contributed by atoms with Crippen molar-refractivity contribution >= 4 is 31.9 Å². The maximum atomic E-state index is 12.8. The quantitative estimate of drug-likeness (QED) is 0.796. The highest BCUT2D eigenvalue weighted by Gasteiger charge is 2.33. The fourth-order valence-corrected chi connectivity index (χ4v) is 4.65. The number of hydrogen-bond donors (Lipinski definition) is 1. The molecule has 1 aromatic carbocycles. The third-order valence-electron chi connectivity index (χ3n) is 4.22. The number of carbonyl (C=O) groups excluding carboxylic acids is 1. The van der Waals surface area contributed by atoms with Crippen molar-refractivity contribution in [1.29, 1.82) is 0 Å². The van der Waals surface area contributed by atoms with Crippen molar-refractivity contribution in [2.45, 2.75) is 24.3 Å². The van der Waals surface area contributed by atoms with Gasteiger partial charge in [0.15, 0.2) is 0 Å². The lowest BCUT2D eigenvalue weighted by molar-refractivity contribution is -0.126. The number of nitrogens with zero attached hydrogens (tertiary/aromatic N) is 1. The molecule has 1 N–H and O–H groups in total. The zero-order valence-corrected chi connectivity index (χ0v) is 15.9. The van der Waals surface area contributed by atoms with Gasteiger partial charge in [-0.3, -0.25) is 4.79 Å². The third kappa shape index (κ3) is 4.31. The number of halogens is 1. The fourth-order valence-electron chi connectivity index (χ4n) is 2.86. The van der Waals surface area contributed by atoms with Crippen LogP contribution in [0.4, 0.5) is 0 Å². The minimum Gasteiger partial charge on any atom is -0.467 e. The van der Waals surface area contributed by atoms with Gasteiger partial charge < -0.3 is 9.73 Å². The highest BCUT2D eigenvalue weighted by Crippen LogP contribution is 2.25. The van der Waals surface area contributed by atoms with Crippen LogP contribution < -0.4 is 5.32 Å². The van der Waals surface area contributed by atoms with Gasteiger partial charge in [-0.1, -0.05) is 15.9 Å². The predicted octanol–water partition coefficient (Wildman–Crippen LogP) is 2.76. The van der Waals surface area contributed by atoms with Gasteiger partial charge in [-0.25, -0.2) is 8.42 Å². The lowest BCUT2D eigenvalue weighted by atomic mass is 9.99. The molecular formula is C17H19BrN2O4S. The Labute approximate surface area is 155 Å². The van der Waals surface area contributed by atoms with Gasteiger partial charge in [0, 0.05) is 17.6 Å². The van der Waals surface area contributed by atoms with Crippen molar-refractivity contribution in [1.82, 2.24) is 9.62 Å². The van der Waals surface area contributed by atoms with Crippen LogP contribution in [-0.2, 0) is 21.4 Å². The number of amides is 1. The van der Waals surface area contributed by atoms with Crippen LogP contribution >= 0.6 is 15.9 Å². The number of piperidine rings is 1. The van der Waals surface area contributed by atoms with Crippen LogP contribution in [0.1, 0.15) is 18.6 Å². The molecule has 0 spiro atoms. The summed E-state index contributed by atoms with van der Waals surface area (Å²) in [5, 5.41) is 2.81. The van der Waals surface area contributed by atoms with Crippen molar-refractivity contribution in [3.05, 3.63) is 52.9 Å². The minimum absolute atomic E-state index is 0.146. The van der Waals surface area contributed by atoms with Gasteiger partial charge in [0.2, 0.25) is 15.9 Å². The van der Waals surface area contributed by atoms with Crippen molar-refractivity contribution in [2.75, 3.05) is 13.1 Å². The Hall–Kier alpha value is -1.64. The van der Waals surface area contributed by atoms with Crippen LogP contribution in [0.3, 0.4) is 0 Å². The highest BCUT2D eigenvalue weighted by atomic mass is 79.9. The topological polar surface area (TPSA) is 79.6 Å². The van der Waals surface area contributed by atoms with Crippen molar-refractivity contribution < 1.29 is 17.6 Å². The summed E-state index contributed by atoms with van der Waals surface area (Å²) in [5.74, 6) is 0.171. The second-order valence-corrected chi connectivity index (χ2v) is 8.81. The molecule has 0 saturated carbocycles. The standard InChI is InChI=1S/C17H19BrN2O4S/c18-14-5-7-16(8-6-14)25(22,23)20-9-1-3-13(12-20)17(21)19-11-15-4-2-10-24-15/h2,4-8,10,13H,1,3,9,11-12H2,(H,19,21)/t13-/m0/s1. The summed E-state index contributed by atoms with van der Waals surface area (Å²) >= 11 is 3.30. The average Bonchev–Trinajstić information content (AvgIpc) is 3.14. The number of furan rings is 1. The molecule has 2 heterocycles. The van der Waals surface area contributed by atoms with E-state index in [4.69, 9.17) is 4.42 Å². The van der Waals surface area contributed by atoms with Gasteiger partial charge in [0.1, 0.15) is 5.76 Å². The molecule has 1 aliphatic rings. The van der Waals surface area contributed by atoms with Crippen LogP contribution in [0.2, 0.25) is 0 Å². The molecule has 1 aromatic heterocycles. The van der Waals surface area contributed by atoms with Crippen LogP contribution in [-0.4, -0.2) is 31.7 Å². The fraction of sp³-hybridized carbons (Fsp3) is 0.353. The summed E-state index contributed by atoms with van der Waals surface area (Å²) in [5.41, 5.74) is 0. The molecule has 0 radical (unpaired) electrons. The summed E-state index contributed by atoms with van der Waals surface area (Å²) in [7, 11) is -3.59. The van der Waals surface area contributed by atoms with Gasteiger partial charge in [-0.2, -0.15) is 4.31 Å². The molecule has 2 aromatic rings. The Morgan fingerprint density at radius 1 is 1.28 bits per heavy atom. The molecule has 134 valence electrons. The predicted molar refractivity (Wildman–Crippen MR) is 96.2 cm³/mol. The van der Waals surface area contributed by atoms with Gasteiger partial charge in [0.25, 0.3) is 0 Å². The number of nitrogens with one attached hydrogen (secondary N) is 1. The molecule has 0 bridgehead atoms. The molecule has 3 rings (SSSR count). The van der Waals surface area contributed by atoms with Crippen LogP contribution in [0.5, 0.6) is 0 Å². The first-order valence-corrected chi connectivity index (χ1v) is 10.3. The first-order valence-electron chi connectivity index (χ1n) is 8.02. The molecular weight excluding hydrogens is 408 g/mol. The zero-order valence-electron chi connectivity index (χ0n) is 13.5. The maximum Gasteiger partial charge on any atom is 0.243 e. The molecule has 8 heteroatoms. The van der Waals surface area contributed by atoms with E-state index in [0.717, 1.165) is 4.47 Å². The highest BCUT2D eigenvalue weighted by molar-refractivity contribution is 9.10. The number of hydrogen-bond acceptors (Lipinski definition) is 4. The van der Waals surface area contributed by atoms with E-state index >= 15 is 0 Å². The van der Waals surface area contributed by atoms with Gasteiger partial charge in [-0.05, 0) is 49.2 Å². The first-order chi connectivity index (χ1) is 12.0. The third-order valence-corrected chi connectivity index (χ3v) is 6.63. The first kappa shape index (κ1) is 18.2. The second kappa shape index (κ2) is 7.72. The number of rotatable bonds is 5. The number of carbonyl (C=O) groups is 1. The normalized spacial score (nSPS) is 18.8. The Morgan fingerprint density at radius 3 is 2.72 bits per heavy atom. The molecule has 1 saturated heterocycles. The van der Waals surface area contributed by atoms with Crippen LogP contribution in [0, 0.1) is 5.92 Å². The van der Waals surface area contributed by atoms with Gasteiger partial charge in [0.05, 0.1) is 23.6 Å². The smallest absolute Gasteiger partial charge is 0.243 e. The van der Waals surface area contributed by atoms with E-state index in [1.165, 1.54) is 4.31 Å². The summed E-state index contributed by atoms with van der Waals surface area (Å²) in [6.45, 7) is 0.935. The number of sulfonamides is 1.